The van der Waals surface area contributed by atoms with Crippen LogP contribution in [0.3, 0.4) is 0 Å². The van der Waals surface area contributed by atoms with Crippen LogP contribution in [0.2, 0.25) is 0 Å². The Balaban J connectivity index is 3.05. The SMILES string of the molecule is CC(C)(C)OC(=O)c1cc(O)cc(C(=O)OC(C)(C)C)c1. The highest BCUT2D eigenvalue weighted by Crippen LogP contribution is 2.21. The Morgan fingerprint density at radius 3 is 1.43 bits per heavy atom. The summed E-state index contributed by atoms with van der Waals surface area (Å²) in [5.74, 6) is -1.41. The van der Waals surface area contributed by atoms with E-state index in [1.54, 1.807) is 41.5 Å². The van der Waals surface area contributed by atoms with E-state index >= 15 is 0 Å². The summed E-state index contributed by atoms with van der Waals surface area (Å²) in [5.41, 5.74) is -1.11. The zero-order valence-corrected chi connectivity index (χ0v) is 13.3. The molecule has 0 aromatic heterocycles. The number of carbonyl (C=O) groups excluding carboxylic acids is 2. The topological polar surface area (TPSA) is 72.8 Å². The Morgan fingerprint density at radius 2 is 1.14 bits per heavy atom. The summed E-state index contributed by atoms with van der Waals surface area (Å²) in [5, 5.41) is 9.67. The highest BCUT2D eigenvalue weighted by molar-refractivity contribution is 5.96. The predicted molar refractivity (Wildman–Crippen MR) is 78.4 cm³/mol. The molecule has 5 heteroatoms. The molecule has 1 rings (SSSR count). The highest BCUT2D eigenvalue weighted by atomic mass is 16.6. The van der Waals surface area contributed by atoms with Crippen molar-refractivity contribution < 1.29 is 24.2 Å². The molecular formula is C16H22O5. The second-order valence-electron chi connectivity index (χ2n) is 6.77. The van der Waals surface area contributed by atoms with Crippen molar-refractivity contribution in [2.75, 3.05) is 0 Å². The van der Waals surface area contributed by atoms with Crippen LogP contribution in [-0.4, -0.2) is 28.2 Å². The van der Waals surface area contributed by atoms with Crippen LogP contribution in [0.25, 0.3) is 0 Å². The van der Waals surface area contributed by atoms with Crippen molar-refractivity contribution in [2.24, 2.45) is 0 Å². The van der Waals surface area contributed by atoms with Gasteiger partial charge in [0.2, 0.25) is 0 Å². The van der Waals surface area contributed by atoms with E-state index in [2.05, 4.69) is 0 Å². The second kappa shape index (κ2) is 5.76. The van der Waals surface area contributed by atoms with Gasteiger partial charge in [-0.2, -0.15) is 0 Å². The van der Waals surface area contributed by atoms with Gasteiger partial charge in [-0.25, -0.2) is 9.59 Å². The molecule has 0 aliphatic heterocycles. The van der Waals surface area contributed by atoms with Crippen molar-refractivity contribution in [1.29, 1.82) is 0 Å². The molecule has 0 spiro atoms. The minimum atomic E-state index is -0.658. The molecule has 1 aromatic carbocycles. The maximum absolute atomic E-state index is 12.0. The fraction of sp³-hybridized carbons (Fsp3) is 0.500. The van der Waals surface area contributed by atoms with Gasteiger partial charge in [-0.1, -0.05) is 0 Å². The van der Waals surface area contributed by atoms with Crippen LogP contribution in [0.15, 0.2) is 18.2 Å². The van der Waals surface area contributed by atoms with Crippen LogP contribution in [0, 0.1) is 0 Å². The van der Waals surface area contributed by atoms with E-state index in [1.165, 1.54) is 18.2 Å². The summed E-state index contributed by atoms with van der Waals surface area (Å²) in [7, 11) is 0. The van der Waals surface area contributed by atoms with Gasteiger partial charge < -0.3 is 14.6 Å². The summed E-state index contributed by atoms with van der Waals surface area (Å²) < 4.78 is 10.4. The van der Waals surface area contributed by atoms with Crippen molar-refractivity contribution in [3.05, 3.63) is 29.3 Å². The lowest BCUT2D eigenvalue weighted by atomic mass is 10.1. The molecule has 1 aromatic rings. The number of phenolic OH excluding ortho intramolecular Hbond substituents is 1. The molecule has 0 fully saturated rings. The number of phenols is 1. The van der Waals surface area contributed by atoms with Crippen LogP contribution in [-0.2, 0) is 9.47 Å². The number of hydrogen-bond acceptors (Lipinski definition) is 5. The molecule has 0 saturated heterocycles. The summed E-state index contributed by atoms with van der Waals surface area (Å²) in [6.07, 6.45) is 0. The van der Waals surface area contributed by atoms with Crippen molar-refractivity contribution in [1.82, 2.24) is 0 Å². The van der Waals surface area contributed by atoms with E-state index in [9.17, 15) is 14.7 Å². The van der Waals surface area contributed by atoms with Crippen LogP contribution in [0.4, 0.5) is 0 Å². The summed E-state index contributed by atoms with van der Waals surface area (Å²) in [4.78, 5) is 24.0. The molecule has 21 heavy (non-hydrogen) atoms. The second-order valence-corrected chi connectivity index (χ2v) is 6.77. The van der Waals surface area contributed by atoms with Crippen LogP contribution < -0.4 is 0 Å². The Bertz CT molecular complexity index is 501. The van der Waals surface area contributed by atoms with Crippen LogP contribution in [0.1, 0.15) is 62.3 Å². The largest absolute Gasteiger partial charge is 0.508 e. The maximum Gasteiger partial charge on any atom is 0.338 e. The lowest BCUT2D eigenvalue weighted by Crippen LogP contribution is -2.25. The van der Waals surface area contributed by atoms with Gasteiger partial charge >= 0.3 is 11.9 Å². The van der Waals surface area contributed by atoms with Gasteiger partial charge in [0.15, 0.2) is 0 Å². The van der Waals surface area contributed by atoms with E-state index in [-0.39, 0.29) is 16.9 Å². The molecule has 116 valence electrons. The number of esters is 2. The normalized spacial score (nSPS) is 11.9. The number of aromatic hydroxyl groups is 1. The van der Waals surface area contributed by atoms with Gasteiger partial charge in [0.05, 0.1) is 11.1 Å². The molecule has 0 atom stereocenters. The average molecular weight is 294 g/mol. The van der Waals surface area contributed by atoms with Gasteiger partial charge in [-0.3, -0.25) is 0 Å². The third kappa shape index (κ3) is 5.85. The standard InChI is InChI=1S/C16H22O5/c1-15(2,3)20-13(18)10-7-11(9-12(17)8-10)14(19)21-16(4,5)6/h7-9,17H,1-6H3. The average Bonchev–Trinajstić information content (AvgIpc) is 2.23. The number of hydrogen-bond donors (Lipinski definition) is 1. The summed E-state index contributed by atoms with van der Waals surface area (Å²) in [6.45, 7) is 10.4. The molecule has 5 nitrogen and oxygen atoms in total. The zero-order valence-electron chi connectivity index (χ0n) is 13.3. The Hall–Kier alpha value is -2.04. The highest BCUT2D eigenvalue weighted by Gasteiger charge is 2.22. The molecule has 0 heterocycles. The smallest absolute Gasteiger partial charge is 0.338 e. The van der Waals surface area contributed by atoms with Gasteiger partial charge in [0, 0.05) is 0 Å². The number of ether oxygens (including phenoxy) is 2. The lowest BCUT2D eigenvalue weighted by Gasteiger charge is -2.21. The Labute approximate surface area is 124 Å². The molecule has 0 aliphatic rings. The molecule has 0 aliphatic carbocycles. The maximum atomic E-state index is 12.0. The molecule has 0 unspecified atom stereocenters. The van der Waals surface area contributed by atoms with Crippen LogP contribution >= 0.6 is 0 Å². The number of rotatable bonds is 2. The van der Waals surface area contributed by atoms with Gasteiger partial charge in [-0.05, 0) is 59.7 Å². The van der Waals surface area contributed by atoms with Crippen molar-refractivity contribution >= 4 is 11.9 Å². The molecule has 0 saturated carbocycles. The Morgan fingerprint density at radius 1 is 0.810 bits per heavy atom. The fourth-order valence-corrected chi connectivity index (χ4v) is 1.52. The van der Waals surface area contributed by atoms with Gasteiger partial charge in [0.1, 0.15) is 17.0 Å². The zero-order chi connectivity index (χ0) is 16.4. The van der Waals surface area contributed by atoms with E-state index in [1.807, 2.05) is 0 Å². The molecular weight excluding hydrogens is 272 g/mol. The van der Waals surface area contributed by atoms with E-state index in [0.717, 1.165) is 0 Å². The first kappa shape index (κ1) is 17.0. The Kier molecular flexibility index (Phi) is 4.66. The minimum Gasteiger partial charge on any atom is -0.508 e. The first-order valence-electron chi connectivity index (χ1n) is 6.68. The summed E-state index contributed by atoms with van der Waals surface area (Å²) in [6, 6.07) is 3.85. The minimum absolute atomic E-state index is 0.103. The van der Waals surface area contributed by atoms with Crippen molar-refractivity contribution in [3.63, 3.8) is 0 Å². The van der Waals surface area contributed by atoms with Gasteiger partial charge in [-0.15, -0.1) is 0 Å². The van der Waals surface area contributed by atoms with E-state index in [0.29, 0.717) is 0 Å². The molecule has 0 radical (unpaired) electrons. The molecule has 0 amide bonds. The number of carbonyl (C=O) groups is 2. The predicted octanol–water partition coefficient (Wildman–Crippen LogP) is 3.30. The third-order valence-electron chi connectivity index (χ3n) is 2.19. The monoisotopic (exact) mass is 294 g/mol. The molecule has 0 bridgehead atoms. The van der Waals surface area contributed by atoms with Crippen molar-refractivity contribution in [2.45, 2.75) is 52.7 Å². The fourth-order valence-electron chi connectivity index (χ4n) is 1.52. The first-order valence-corrected chi connectivity index (χ1v) is 6.68. The first-order chi connectivity index (χ1) is 9.37. The van der Waals surface area contributed by atoms with Gasteiger partial charge in [0.25, 0.3) is 0 Å². The molecule has 1 N–H and O–H groups in total. The lowest BCUT2D eigenvalue weighted by molar-refractivity contribution is 0.00676. The van der Waals surface area contributed by atoms with Crippen LogP contribution in [0.5, 0.6) is 5.75 Å². The summed E-state index contributed by atoms with van der Waals surface area (Å²) >= 11 is 0. The third-order valence-corrected chi connectivity index (χ3v) is 2.19. The quantitative estimate of drug-likeness (QED) is 0.847. The van der Waals surface area contributed by atoms with Crippen molar-refractivity contribution in [3.8, 4) is 5.75 Å². The van der Waals surface area contributed by atoms with E-state index < -0.39 is 23.1 Å². The van der Waals surface area contributed by atoms with E-state index in [4.69, 9.17) is 9.47 Å². The number of benzene rings is 1.